The fraction of sp³-hybridized carbons (Fsp3) is 0.125. The monoisotopic (exact) mass is 346 g/mol. The highest BCUT2D eigenvalue weighted by molar-refractivity contribution is 6.32. The number of hydrogen-bond acceptors (Lipinski definition) is 5. The summed E-state index contributed by atoms with van der Waals surface area (Å²) in [6.07, 6.45) is 1.31. The topological polar surface area (TPSA) is 96.6 Å². The average Bonchev–Trinajstić information content (AvgIpc) is 2.55. The van der Waals surface area contributed by atoms with Crippen LogP contribution in [0.4, 0.5) is 11.4 Å². The standard InChI is InChI=1S/C16H15ClN4O3/c1-11-4-2-3-5-14(11)18-10-16(22)20-19-9-12-6-7-13(17)15(8-12)21(23)24/h2-9,18H,10H2,1H3,(H,20,22)/b19-9+. The van der Waals surface area contributed by atoms with Crippen LogP contribution >= 0.6 is 11.6 Å². The van der Waals surface area contributed by atoms with Crippen molar-refractivity contribution in [3.8, 4) is 0 Å². The third-order valence-corrected chi connectivity index (χ3v) is 3.47. The van der Waals surface area contributed by atoms with Crippen LogP contribution in [0, 0.1) is 17.0 Å². The Bertz CT molecular complexity index is 793. The Balaban J connectivity index is 1.90. The molecule has 1 amide bonds. The van der Waals surface area contributed by atoms with Crippen LogP contribution < -0.4 is 10.7 Å². The van der Waals surface area contributed by atoms with E-state index in [-0.39, 0.29) is 23.2 Å². The van der Waals surface area contributed by atoms with Crippen LogP contribution in [-0.2, 0) is 4.79 Å². The van der Waals surface area contributed by atoms with Gasteiger partial charge in [0.2, 0.25) is 0 Å². The summed E-state index contributed by atoms with van der Waals surface area (Å²) in [6, 6.07) is 11.8. The van der Waals surface area contributed by atoms with Crippen molar-refractivity contribution in [2.45, 2.75) is 6.92 Å². The van der Waals surface area contributed by atoms with E-state index in [1.165, 1.54) is 18.3 Å². The van der Waals surface area contributed by atoms with E-state index in [9.17, 15) is 14.9 Å². The molecule has 0 fully saturated rings. The smallest absolute Gasteiger partial charge is 0.288 e. The maximum absolute atomic E-state index is 11.7. The number of carbonyl (C=O) groups is 1. The van der Waals surface area contributed by atoms with Gasteiger partial charge in [-0.3, -0.25) is 14.9 Å². The first-order chi connectivity index (χ1) is 11.5. The maximum atomic E-state index is 11.7. The van der Waals surface area contributed by atoms with E-state index < -0.39 is 4.92 Å². The maximum Gasteiger partial charge on any atom is 0.288 e. The number of para-hydroxylation sites is 1. The van der Waals surface area contributed by atoms with E-state index in [0.717, 1.165) is 11.3 Å². The lowest BCUT2D eigenvalue weighted by atomic mass is 10.2. The zero-order valence-electron chi connectivity index (χ0n) is 12.8. The Labute approximate surface area is 143 Å². The van der Waals surface area contributed by atoms with Gasteiger partial charge in [-0.15, -0.1) is 0 Å². The van der Waals surface area contributed by atoms with E-state index in [1.54, 1.807) is 6.07 Å². The van der Waals surface area contributed by atoms with Crippen LogP contribution in [0.2, 0.25) is 5.02 Å². The highest BCUT2D eigenvalue weighted by Gasteiger charge is 2.11. The summed E-state index contributed by atoms with van der Waals surface area (Å²) in [7, 11) is 0. The lowest BCUT2D eigenvalue weighted by Gasteiger charge is -2.07. The van der Waals surface area contributed by atoms with Crippen molar-refractivity contribution in [1.82, 2.24) is 5.43 Å². The summed E-state index contributed by atoms with van der Waals surface area (Å²) < 4.78 is 0. The number of aryl methyl sites for hydroxylation is 1. The zero-order chi connectivity index (χ0) is 17.5. The fourth-order valence-electron chi connectivity index (χ4n) is 1.91. The quantitative estimate of drug-likeness (QED) is 0.477. The number of nitrogens with one attached hydrogen (secondary N) is 2. The van der Waals surface area contributed by atoms with Crippen LogP contribution in [0.15, 0.2) is 47.6 Å². The van der Waals surface area contributed by atoms with E-state index >= 15 is 0 Å². The molecule has 0 spiro atoms. The highest BCUT2D eigenvalue weighted by atomic mass is 35.5. The van der Waals surface area contributed by atoms with Gasteiger partial charge in [0, 0.05) is 17.3 Å². The molecule has 0 bridgehead atoms. The predicted molar refractivity (Wildman–Crippen MR) is 93.5 cm³/mol. The minimum absolute atomic E-state index is 0.0450. The van der Waals surface area contributed by atoms with E-state index in [1.807, 2.05) is 31.2 Å². The van der Waals surface area contributed by atoms with Crippen molar-refractivity contribution in [2.75, 3.05) is 11.9 Å². The van der Waals surface area contributed by atoms with Crippen molar-refractivity contribution in [3.05, 3.63) is 68.7 Å². The molecule has 124 valence electrons. The van der Waals surface area contributed by atoms with Gasteiger partial charge in [0.05, 0.1) is 17.7 Å². The molecule has 2 rings (SSSR count). The fourth-order valence-corrected chi connectivity index (χ4v) is 2.10. The molecule has 2 aromatic rings. The Morgan fingerprint density at radius 2 is 2.08 bits per heavy atom. The van der Waals surface area contributed by atoms with Crippen LogP contribution in [0.3, 0.4) is 0 Å². The minimum atomic E-state index is -0.579. The van der Waals surface area contributed by atoms with Gasteiger partial charge < -0.3 is 5.32 Å². The number of hydrazone groups is 1. The van der Waals surface area contributed by atoms with Gasteiger partial charge in [0.15, 0.2) is 0 Å². The zero-order valence-corrected chi connectivity index (χ0v) is 13.6. The molecule has 0 unspecified atom stereocenters. The molecular formula is C16H15ClN4O3. The summed E-state index contributed by atoms with van der Waals surface area (Å²) in [6.45, 7) is 1.99. The second kappa shape index (κ2) is 8.07. The molecule has 0 atom stereocenters. The highest BCUT2D eigenvalue weighted by Crippen LogP contribution is 2.24. The van der Waals surface area contributed by atoms with Gasteiger partial charge in [-0.25, -0.2) is 5.43 Å². The molecule has 24 heavy (non-hydrogen) atoms. The van der Waals surface area contributed by atoms with Gasteiger partial charge in [-0.2, -0.15) is 5.10 Å². The average molecular weight is 347 g/mol. The lowest BCUT2D eigenvalue weighted by molar-refractivity contribution is -0.384. The molecule has 0 aliphatic carbocycles. The summed E-state index contributed by atoms with van der Waals surface area (Å²) in [5, 5.41) is 17.6. The Morgan fingerprint density at radius 3 is 2.79 bits per heavy atom. The van der Waals surface area contributed by atoms with E-state index in [2.05, 4.69) is 15.8 Å². The largest absolute Gasteiger partial charge is 0.376 e. The first-order valence-corrected chi connectivity index (χ1v) is 7.40. The normalized spacial score (nSPS) is 10.6. The molecule has 0 aromatic heterocycles. The predicted octanol–water partition coefficient (Wildman–Crippen LogP) is 3.12. The molecule has 0 radical (unpaired) electrons. The molecule has 2 aromatic carbocycles. The van der Waals surface area contributed by atoms with Crippen LogP contribution in [0.25, 0.3) is 0 Å². The number of hydrogen-bond donors (Lipinski definition) is 2. The Morgan fingerprint density at radius 1 is 1.33 bits per heavy atom. The third-order valence-electron chi connectivity index (χ3n) is 3.15. The van der Waals surface area contributed by atoms with Crippen molar-refractivity contribution < 1.29 is 9.72 Å². The molecule has 0 saturated heterocycles. The van der Waals surface area contributed by atoms with Gasteiger partial charge in [-0.05, 0) is 24.6 Å². The molecular weight excluding hydrogens is 332 g/mol. The Kier molecular flexibility index (Phi) is 5.86. The molecule has 0 saturated carbocycles. The van der Waals surface area contributed by atoms with Crippen LogP contribution in [-0.4, -0.2) is 23.6 Å². The van der Waals surface area contributed by atoms with E-state index in [0.29, 0.717) is 5.56 Å². The lowest BCUT2D eigenvalue weighted by Crippen LogP contribution is -2.26. The number of amides is 1. The summed E-state index contributed by atoms with van der Waals surface area (Å²) in [4.78, 5) is 22.0. The molecule has 0 aliphatic rings. The number of nitro groups is 1. The van der Waals surface area contributed by atoms with Crippen molar-refractivity contribution in [2.24, 2.45) is 5.10 Å². The summed E-state index contributed by atoms with van der Waals surface area (Å²) in [5.41, 5.74) is 4.49. The summed E-state index contributed by atoms with van der Waals surface area (Å²) in [5.74, 6) is -0.335. The second-order valence-corrected chi connectivity index (χ2v) is 5.34. The third kappa shape index (κ3) is 4.79. The minimum Gasteiger partial charge on any atom is -0.376 e. The van der Waals surface area contributed by atoms with Crippen molar-refractivity contribution in [1.29, 1.82) is 0 Å². The second-order valence-electron chi connectivity index (χ2n) is 4.93. The van der Waals surface area contributed by atoms with E-state index in [4.69, 9.17) is 11.6 Å². The number of benzene rings is 2. The van der Waals surface area contributed by atoms with Crippen molar-refractivity contribution in [3.63, 3.8) is 0 Å². The summed E-state index contributed by atoms with van der Waals surface area (Å²) >= 11 is 5.72. The van der Waals surface area contributed by atoms with Crippen molar-refractivity contribution >= 4 is 35.1 Å². The molecule has 0 aliphatic heterocycles. The number of nitro benzene ring substituents is 1. The first-order valence-electron chi connectivity index (χ1n) is 7.02. The number of carbonyl (C=O) groups excluding carboxylic acids is 1. The molecule has 8 heteroatoms. The number of anilines is 1. The number of halogens is 1. The van der Waals surface area contributed by atoms with Gasteiger partial charge in [0.1, 0.15) is 5.02 Å². The SMILES string of the molecule is Cc1ccccc1NCC(=O)N/N=C/c1ccc(Cl)c([N+](=O)[O-])c1. The molecule has 2 N–H and O–H groups in total. The van der Waals surface area contributed by atoms with Crippen LogP contribution in [0.5, 0.6) is 0 Å². The van der Waals surface area contributed by atoms with Gasteiger partial charge in [-0.1, -0.05) is 35.9 Å². The number of rotatable bonds is 6. The first kappa shape index (κ1) is 17.4. The molecule has 0 heterocycles. The van der Waals surface area contributed by atoms with Crippen LogP contribution in [0.1, 0.15) is 11.1 Å². The van der Waals surface area contributed by atoms with Gasteiger partial charge in [0.25, 0.3) is 11.6 Å². The Hall–Kier alpha value is -2.93. The molecule has 7 nitrogen and oxygen atoms in total. The van der Waals surface area contributed by atoms with Gasteiger partial charge >= 0.3 is 0 Å². The number of nitrogens with zero attached hydrogens (tertiary/aromatic N) is 2.